The summed E-state index contributed by atoms with van der Waals surface area (Å²) in [6, 6.07) is 8.70. The van der Waals surface area contributed by atoms with Crippen molar-refractivity contribution in [2.75, 3.05) is 20.5 Å². The summed E-state index contributed by atoms with van der Waals surface area (Å²) < 4.78 is 37.3. The lowest BCUT2D eigenvalue weighted by Crippen LogP contribution is -2.53. The Morgan fingerprint density at radius 3 is 2.39 bits per heavy atom. The van der Waals surface area contributed by atoms with E-state index < -0.39 is 85.3 Å². The highest BCUT2D eigenvalue weighted by Gasteiger charge is 2.44. The molecular formula is C31H39N3O12. The third kappa shape index (κ3) is 9.30. The van der Waals surface area contributed by atoms with Gasteiger partial charge in [-0.3, -0.25) is 19.4 Å². The van der Waals surface area contributed by atoms with Crippen molar-refractivity contribution in [1.82, 2.24) is 9.99 Å². The van der Waals surface area contributed by atoms with Crippen molar-refractivity contribution in [2.45, 2.75) is 65.4 Å². The topological polar surface area (TPSA) is 192 Å². The number of hydrazine groups is 1. The Morgan fingerprint density at radius 2 is 1.76 bits per heavy atom. The number of nitrogens with two attached hydrogens (primary N) is 1. The van der Waals surface area contributed by atoms with Crippen LogP contribution >= 0.6 is 0 Å². The molecule has 0 unspecified atom stereocenters. The van der Waals surface area contributed by atoms with E-state index in [-0.39, 0.29) is 17.9 Å². The number of cyclic esters (lactones) is 2. The van der Waals surface area contributed by atoms with Gasteiger partial charge in [0.05, 0.1) is 19.1 Å². The lowest BCUT2D eigenvalue weighted by molar-refractivity contribution is -0.177. The predicted molar refractivity (Wildman–Crippen MR) is 158 cm³/mol. The number of carbonyl (C=O) groups excluding carboxylic acids is 5. The summed E-state index contributed by atoms with van der Waals surface area (Å²) in [5, 5.41) is 0.484. The third-order valence-electron chi connectivity index (χ3n) is 6.71. The maximum absolute atomic E-state index is 13.6. The molecule has 1 amide bonds. The van der Waals surface area contributed by atoms with Gasteiger partial charge in [0.2, 0.25) is 6.79 Å². The number of carbonyl (C=O) groups is 5. The van der Waals surface area contributed by atoms with Crippen LogP contribution in [0.1, 0.15) is 50.7 Å². The highest BCUT2D eigenvalue weighted by atomic mass is 16.8. The number of aromatic nitrogens is 1. The number of nitrogens with zero attached hydrogens (tertiary/aromatic N) is 2. The van der Waals surface area contributed by atoms with Gasteiger partial charge in [-0.1, -0.05) is 44.2 Å². The van der Waals surface area contributed by atoms with E-state index in [9.17, 15) is 24.0 Å². The van der Waals surface area contributed by atoms with Crippen LogP contribution in [-0.4, -0.2) is 84.8 Å². The zero-order valence-corrected chi connectivity index (χ0v) is 26.5. The standard InChI is InChI=1S/C31H39N3O12/c1-17(2)28(36)46-25-19(5)45-30(38)22(15-41-29(37)21(25)14-20-10-8-7-9-11-20)34(32)27(35)24-26(23(40-6)12-13-33-24)42-16-43-31(39)44-18(3)4/h7-13,17-19,21-22,25H,14-16,32H2,1-6H3/t19-,21+,22-,25-/m0/s1. The molecule has 1 fully saturated rings. The number of esters is 3. The first-order valence-electron chi connectivity index (χ1n) is 14.5. The average molecular weight is 646 g/mol. The molecule has 0 aliphatic carbocycles. The summed E-state index contributed by atoms with van der Waals surface area (Å²) in [6.07, 6.45) is -2.48. The van der Waals surface area contributed by atoms with Crippen LogP contribution < -0.4 is 15.3 Å². The fraction of sp³-hybridized carbons (Fsp3) is 0.484. The van der Waals surface area contributed by atoms with E-state index in [4.69, 9.17) is 39.0 Å². The van der Waals surface area contributed by atoms with Gasteiger partial charge in [0.1, 0.15) is 18.6 Å². The van der Waals surface area contributed by atoms with Crippen molar-refractivity contribution < 1.29 is 57.1 Å². The van der Waals surface area contributed by atoms with Gasteiger partial charge in [0.15, 0.2) is 29.3 Å². The normalized spacial score (nSPS) is 19.9. The number of hydrogen-bond acceptors (Lipinski definition) is 14. The summed E-state index contributed by atoms with van der Waals surface area (Å²) in [6.45, 7) is 6.60. The van der Waals surface area contributed by atoms with Crippen molar-refractivity contribution in [3.63, 3.8) is 0 Å². The van der Waals surface area contributed by atoms with Gasteiger partial charge in [-0.05, 0) is 32.8 Å². The first kappa shape index (κ1) is 35.6. The number of rotatable bonds is 11. The Balaban J connectivity index is 1.88. The summed E-state index contributed by atoms with van der Waals surface area (Å²) >= 11 is 0. The molecule has 1 aromatic carbocycles. The minimum Gasteiger partial charge on any atom is -0.493 e. The third-order valence-corrected chi connectivity index (χ3v) is 6.71. The zero-order chi connectivity index (χ0) is 34.0. The number of benzene rings is 1. The first-order chi connectivity index (χ1) is 21.8. The highest BCUT2D eigenvalue weighted by molar-refractivity contribution is 5.98. The monoisotopic (exact) mass is 645 g/mol. The van der Waals surface area contributed by atoms with Gasteiger partial charge in [0.25, 0.3) is 5.91 Å². The minimum absolute atomic E-state index is 0.0308. The van der Waals surface area contributed by atoms with E-state index in [1.807, 2.05) is 6.07 Å². The molecule has 1 aliphatic heterocycles. The molecule has 1 aromatic heterocycles. The van der Waals surface area contributed by atoms with Crippen LogP contribution in [0.3, 0.4) is 0 Å². The van der Waals surface area contributed by atoms with E-state index >= 15 is 0 Å². The minimum atomic E-state index is -1.64. The van der Waals surface area contributed by atoms with Crippen LogP contribution in [0.25, 0.3) is 0 Å². The molecule has 2 aromatic rings. The molecule has 3 rings (SSSR count). The maximum atomic E-state index is 13.6. The Bertz CT molecular complexity index is 1380. The second-order valence-corrected chi connectivity index (χ2v) is 10.9. The van der Waals surface area contributed by atoms with Crippen LogP contribution in [0.4, 0.5) is 4.79 Å². The molecule has 2 heterocycles. The molecule has 15 nitrogen and oxygen atoms in total. The molecule has 4 atom stereocenters. The molecule has 0 saturated carbocycles. The van der Waals surface area contributed by atoms with Crippen LogP contribution in [0.15, 0.2) is 42.6 Å². The summed E-state index contributed by atoms with van der Waals surface area (Å²) in [4.78, 5) is 68.9. The molecule has 0 radical (unpaired) electrons. The number of pyridine rings is 1. The number of amides is 1. The van der Waals surface area contributed by atoms with E-state index in [1.165, 1.54) is 26.3 Å². The average Bonchev–Trinajstić information content (AvgIpc) is 3.05. The zero-order valence-electron chi connectivity index (χ0n) is 26.5. The van der Waals surface area contributed by atoms with E-state index in [0.717, 1.165) is 5.56 Å². The molecule has 46 heavy (non-hydrogen) atoms. The van der Waals surface area contributed by atoms with Crippen molar-refractivity contribution >= 4 is 30.0 Å². The summed E-state index contributed by atoms with van der Waals surface area (Å²) in [5.74, 6) is 0.839. The number of hydrogen-bond donors (Lipinski definition) is 1. The van der Waals surface area contributed by atoms with Crippen LogP contribution in [0.5, 0.6) is 11.5 Å². The van der Waals surface area contributed by atoms with Gasteiger partial charge < -0.3 is 33.2 Å². The van der Waals surface area contributed by atoms with Crippen LogP contribution in [0.2, 0.25) is 0 Å². The van der Waals surface area contributed by atoms with Crippen molar-refractivity contribution in [1.29, 1.82) is 0 Å². The van der Waals surface area contributed by atoms with Crippen molar-refractivity contribution in [3.05, 3.63) is 53.9 Å². The number of ether oxygens (including phenoxy) is 7. The Labute approximate surface area is 266 Å². The van der Waals surface area contributed by atoms with E-state index in [2.05, 4.69) is 4.98 Å². The van der Waals surface area contributed by atoms with Crippen molar-refractivity contribution in [2.24, 2.45) is 17.7 Å². The maximum Gasteiger partial charge on any atom is 0.511 e. The van der Waals surface area contributed by atoms with Gasteiger partial charge in [0, 0.05) is 12.3 Å². The summed E-state index contributed by atoms with van der Waals surface area (Å²) in [5.41, 5.74) is 0.332. The first-order valence-corrected chi connectivity index (χ1v) is 14.5. The number of methoxy groups -OCH3 is 1. The second kappa shape index (κ2) is 16.4. The van der Waals surface area contributed by atoms with Gasteiger partial charge in [-0.2, -0.15) is 0 Å². The molecule has 2 N–H and O–H groups in total. The molecule has 0 bridgehead atoms. The van der Waals surface area contributed by atoms with Gasteiger partial charge in [-0.25, -0.2) is 20.4 Å². The van der Waals surface area contributed by atoms with E-state index in [1.54, 1.807) is 52.0 Å². The lowest BCUT2D eigenvalue weighted by Gasteiger charge is -2.30. The molecular weight excluding hydrogens is 606 g/mol. The smallest absolute Gasteiger partial charge is 0.493 e. The molecule has 0 spiro atoms. The predicted octanol–water partition coefficient (Wildman–Crippen LogP) is 2.59. The van der Waals surface area contributed by atoms with Gasteiger partial charge >= 0.3 is 24.1 Å². The molecule has 15 heteroatoms. The Morgan fingerprint density at radius 1 is 1.07 bits per heavy atom. The Hall–Kier alpha value is -4.92. The largest absolute Gasteiger partial charge is 0.511 e. The summed E-state index contributed by atoms with van der Waals surface area (Å²) in [7, 11) is 1.30. The van der Waals surface area contributed by atoms with E-state index in [0.29, 0.717) is 5.01 Å². The quantitative estimate of drug-likeness (QED) is 0.0936. The highest BCUT2D eigenvalue weighted by Crippen LogP contribution is 2.31. The Kier molecular flexibility index (Phi) is 12.7. The SMILES string of the molecule is COc1ccnc(C(=O)N(N)[C@H]2COC(=O)[C@H](Cc3ccccc3)[C@@H](OC(=O)C(C)C)[C@H](C)OC2=O)c1OCOC(=O)OC(C)C. The lowest BCUT2D eigenvalue weighted by atomic mass is 9.91. The van der Waals surface area contributed by atoms with Gasteiger partial charge in [-0.15, -0.1) is 0 Å². The van der Waals surface area contributed by atoms with Crippen LogP contribution in [0, 0.1) is 11.8 Å². The molecule has 1 aliphatic rings. The molecule has 250 valence electrons. The fourth-order valence-electron chi connectivity index (χ4n) is 4.35. The second-order valence-electron chi connectivity index (χ2n) is 10.9. The fourth-order valence-corrected chi connectivity index (χ4v) is 4.35. The molecule has 1 saturated heterocycles. The van der Waals surface area contributed by atoms with Crippen LogP contribution in [-0.2, 0) is 44.5 Å². The van der Waals surface area contributed by atoms with Crippen molar-refractivity contribution in [3.8, 4) is 11.5 Å².